The van der Waals surface area contributed by atoms with Gasteiger partial charge in [-0.15, -0.1) is 0 Å². The Morgan fingerprint density at radius 3 is 2.74 bits per heavy atom. The molecule has 3 aliphatic heterocycles. The van der Waals surface area contributed by atoms with Gasteiger partial charge in [-0.1, -0.05) is 42.3 Å². The number of anilines is 3. The molecular weight excluding hydrogens is 706 g/mol. The molecule has 7 atom stereocenters. The SMILES string of the molecule is COc1cc2cc(c1Cl)N(C)C(=O)C[C@H](OC(=O)Nc1ccc(N)c3ncccc13)[C@]1(C)O[C@H]1[C@H](C)[C@@H]1C[C@@](O)(NC(=O)O1)[C@H](OC)/C=C/C=C(\C)C2. The second-order valence-electron chi connectivity index (χ2n) is 13.9. The monoisotopic (exact) mass is 749 g/mol. The zero-order chi connectivity index (χ0) is 38.2. The van der Waals surface area contributed by atoms with Gasteiger partial charge in [0.25, 0.3) is 0 Å². The van der Waals surface area contributed by atoms with Crippen molar-refractivity contribution in [1.29, 1.82) is 0 Å². The van der Waals surface area contributed by atoms with Crippen LogP contribution in [0.5, 0.6) is 5.75 Å². The summed E-state index contributed by atoms with van der Waals surface area (Å²) in [6, 6.07) is 10.3. The number of nitrogens with zero attached hydrogens (tertiary/aromatic N) is 2. The minimum atomic E-state index is -1.82. The van der Waals surface area contributed by atoms with Crippen LogP contribution in [0.25, 0.3) is 10.9 Å². The average molecular weight is 750 g/mol. The average Bonchev–Trinajstić information content (AvgIpc) is 3.82. The Morgan fingerprint density at radius 2 is 2.00 bits per heavy atom. The van der Waals surface area contributed by atoms with E-state index in [0.717, 1.165) is 11.1 Å². The number of methoxy groups -OCH3 is 2. The van der Waals surface area contributed by atoms with Gasteiger partial charge in [0.2, 0.25) is 5.91 Å². The zero-order valence-corrected chi connectivity index (χ0v) is 31.1. The van der Waals surface area contributed by atoms with E-state index in [1.54, 1.807) is 68.7 Å². The van der Waals surface area contributed by atoms with Crippen molar-refractivity contribution in [1.82, 2.24) is 10.3 Å². The third-order valence-corrected chi connectivity index (χ3v) is 10.6. The number of epoxide rings is 1. The summed E-state index contributed by atoms with van der Waals surface area (Å²) in [7, 11) is 4.51. The van der Waals surface area contributed by atoms with Crippen molar-refractivity contribution in [3.05, 3.63) is 77.0 Å². The zero-order valence-electron chi connectivity index (χ0n) is 30.3. The number of carbonyl (C=O) groups excluding carboxylic acids is 3. The summed E-state index contributed by atoms with van der Waals surface area (Å²) in [6.07, 6.45) is 1.75. The summed E-state index contributed by atoms with van der Waals surface area (Å²) >= 11 is 6.77. The molecule has 3 aromatic rings. The largest absolute Gasteiger partial charge is 0.495 e. The molecular formula is C38H44ClN5O9. The number of hydrogen-bond donors (Lipinski definition) is 4. The molecule has 3 amide bonds. The fourth-order valence-corrected chi connectivity index (χ4v) is 7.49. The maximum atomic E-state index is 14.1. The first-order valence-electron chi connectivity index (χ1n) is 17.2. The number of amides is 3. The molecule has 0 saturated carbocycles. The highest BCUT2D eigenvalue weighted by Gasteiger charge is 2.64. The Bertz CT molecular complexity index is 1990. The lowest BCUT2D eigenvalue weighted by Crippen LogP contribution is -2.63. The number of carbonyl (C=O) groups is 3. The highest BCUT2D eigenvalue weighted by Crippen LogP contribution is 2.49. The van der Waals surface area contributed by atoms with Crippen LogP contribution < -0.4 is 26.0 Å². The fourth-order valence-electron chi connectivity index (χ4n) is 7.18. The maximum Gasteiger partial charge on any atom is 0.412 e. The molecule has 5 N–H and O–H groups in total. The van der Waals surface area contributed by atoms with Crippen molar-refractivity contribution in [3.8, 4) is 5.75 Å². The lowest BCUT2D eigenvalue weighted by molar-refractivity contribution is -0.142. The number of nitrogens with one attached hydrogen (secondary N) is 2. The Morgan fingerprint density at radius 1 is 1.23 bits per heavy atom. The summed E-state index contributed by atoms with van der Waals surface area (Å²) in [6.45, 7) is 5.46. The van der Waals surface area contributed by atoms with Crippen LogP contribution in [0, 0.1) is 5.92 Å². The quantitative estimate of drug-likeness (QED) is 0.195. The van der Waals surface area contributed by atoms with Crippen molar-refractivity contribution < 1.29 is 43.2 Å². The molecule has 3 aliphatic rings. The van der Waals surface area contributed by atoms with E-state index in [2.05, 4.69) is 15.6 Å². The first-order chi connectivity index (χ1) is 25.2. The number of allylic oxidation sites excluding steroid dienone is 3. The van der Waals surface area contributed by atoms with Crippen LogP contribution in [-0.4, -0.2) is 85.2 Å². The number of aliphatic hydroxyl groups is 1. The molecule has 14 nitrogen and oxygen atoms in total. The van der Waals surface area contributed by atoms with Crippen molar-refractivity contribution in [3.63, 3.8) is 0 Å². The summed E-state index contributed by atoms with van der Waals surface area (Å²) in [5.41, 5.74) is 6.57. The van der Waals surface area contributed by atoms with E-state index in [4.69, 9.17) is 41.0 Å². The van der Waals surface area contributed by atoms with E-state index in [-0.39, 0.29) is 17.9 Å². The highest BCUT2D eigenvalue weighted by molar-refractivity contribution is 6.35. The molecule has 2 saturated heterocycles. The Balaban J connectivity index is 1.38. The van der Waals surface area contributed by atoms with Crippen molar-refractivity contribution in [2.24, 2.45) is 5.92 Å². The molecule has 0 unspecified atom stereocenters. The third-order valence-electron chi connectivity index (χ3n) is 10.2. The second kappa shape index (κ2) is 14.9. The summed E-state index contributed by atoms with van der Waals surface area (Å²) in [5.74, 6) is -0.567. The van der Waals surface area contributed by atoms with Gasteiger partial charge >= 0.3 is 12.2 Å². The van der Waals surface area contributed by atoms with E-state index < -0.39 is 59.8 Å². The summed E-state index contributed by atoms with van der Waals surface area (Å²) in [4.78, 5) is 46.4. The van der Waals surface area contributed by atoms with Gasteiger partial charge in [0, 0.05) is 38.1 Å². The molecule has 1 aromatic heterocycles. The van der Waals surface area contributed by atoms with E-state index in [1.165, 1.54) is 19.1 Å². The van der Waals surface area contributed by atoms with Gasteiger partial charge in [0.15, 0.2) is 5.72 Å². The molecule has 15 heteroatoms. The predicted molar refractivity (Wildman–Crippen MR) is 199 cm³/mol. The van der Waals surface area contributed by atoms with Crippen LogP contribution in [0.4, 0.5) is 26.7 Å². The molecule has 0 spiro atoms. The van der Waals surface area contributed by atoms with Crippen molar-refractivity contribution >= 4 is 57.7 Å². The molecule has 282 valence electrons. The number of alkyl carbamates (subject to hydrolysis) is 1. The van der Waals surface area contributed by atoms with E-state index in [0.29, 0.717) is 40.1 Å². The molecule has 4 heterocycles. The fraction of sp³-hybridized carbons (Fsp3) is 0.421. The summed E-state index contributed by atoms with van der Waals surface area (Å²) in [5, 5.41) is 17.9. The normalized spacial score (nSPS) is 30.6. The Hall–Kier alpha value is -4.89. The highest BCUT2D eigenvalue weighted by atomic mass is 35.5. The topological polar surface area (TPSA) is 187 Å². The van der Waals surface area contributed by atoms with E-state index >= 15 is 0 Å². The first-order valence-corrected chi connectivity index (χ1v) is 17.5. The van der Waals surface area contributed by atoms with Gasteiger partial charge in [0.1, 0.15) is 34.7 Å². The first kappa shape index (κ1) is 37.9. The number of nitrogen functional groups attached to an aromatic ring is 1. The minimum absolute atomic E-state index is 0.0442. The van der Waals surface area contributed by atoms with Gasteiger partial charge in [0.05, 0.1) is 42.2 Å². The van der Waals surface area contributed by atoms with Gasteiger partial charge in [-0.25, -0.2) is 9.59 Å². The number of rotatable bonds is 4. The number of aromatic nitrogens is 1. The molecule has 4 bridgehead atoms. The molecule has 6 rings (SSSR count). The van der Waals surface area contributed by atoms with Crippen LogP contribution in [0.3, 0.4) is 0 Å². The number of benzene rings is 2. The predicted octanol–water partition coefficient (Wildman–Crippen LogP) is 5.50. The maximum absolute atomic E-state index is 14.1. The van der Waals surface area contributed by atoms with Crippen LogP contribution in [0.15, 0.2) is 66.4 Å². The van der Waals surface area contributed by atoms with Crippen LogP contribution in [0.2, 0.25) is 5.02 Å². The third kappa shape index (κ3) is 7.63. The molecule has 53 heavy (non-hydrogen) atoms. The van der Waals surface area contributed by atoms with Crippen molar-refractivity contribution in [2.75, 3.05) is 37.2 Å². The number of fused-ring (bicyclic) bond motifs is 6. The number of pyridine rings is 1. The minimum Gasteiger partial charge on any atom is -0.495 e. The molecule has 0 radical (unpaired) electrons. The molecule has 2 fully saturated rings. The standard InChI is InChI=1S/C38H44ClN5O9/c1-20-9-7-11-29(50-6)38(48)19-28(51-36(47)43-38)21(2)34-37(3,53-34)30(18-31(45)44(4)26-16-22(15-20)17-27(49-5)32(26)39)52-35(46)42-25-13-12-24(40)33-23(25)10-8-14-41-33/h7-14,16-17,21,28-30,34,48H,15,18-19,40H2,1-6H3,(H,42,46)(H,43,47)/b11-7+,20-9+/t21-,28+,29-,30+,34+,37+,38+/m1/s1. The number of ether oxygens (including phenoxy) is 5. The number of halogens is 1. The lowest BCUT2D eigenvalue weighted by Gasteiger charge is -2.42. The van der Waals surface area contributed by atoms with E-state index in [9.17, 15) is 19.5 Å². The van der Waals surface area contributed by atoms with E-state index in [1.807, 2.05) is 19.9 Å². The Kier molecular flexibility index (Phi) is 10.6. The lowest BCUT2D eigenvalue weighted by atomic mass is 9.83. The Labute approximate surface area is 312 Å². The molecule has 2 aromatic carbocycles. The van der Waals surface area contributed by atoms with Gasteiger partial charge < -0.3 is 39.4 Å². The number of hydrogen-bond acceptors (Lipinski definition) is 11. The van der Waals surface area contributed by atoms with Crippen LogP contribution >= 0.6 is 11.6 Å². The smallest absolute Gasteiger partial charge is 0.412 e. The van der Waals surface area contributed by atoms with Crippen LogP contribution in [0.1, 0.15) is 39.2 Å². The summed E-state index contributed by atoms with van der Waals surface area (Å²) < 4.78 is 29.2. The number of nitrogens with two attached hydrogens (primary N) is 1. The second-order valence-corrected chi connectivity index (χ2v) is 14.3. The van der Waals surface area contributed by atoms with Gasteiger partial charge in [-0.3, -0.25) is 20.4 Å². The van der Waals surface area contributed by atoms with Gasteiger partial charge in [-0.2, -0.15) is 0 Å². The van der Waals surface area contributed by atoms with Gasteiger partial charge in [-0.05, 0) is 62.2 Å². The molecule has 0 aliphatic carbocycles. The van der Waals surface area contributed by atoms with Crippen LogP contribution in [-0.2, 0) is 30.2 Å². The van der Waals surface area contributed by atoms with Crippen molar-refractivity contribution in [2.45, 2.75) is 75.8 Å².